The van der Waals surface area contributed by atoms with Crippen molar-refractivity contribution in [3.63, 3.8) is 0 Å². The second kappa shape index (κ2) is 8.56. The first-order valence-electron chi connectivity index (χ1n) is 12.7. The second-order valence-electron chi connectivity index (χ2n) is 11.3. The van der Waals surface area contributed by atoms with Gasteiger partial charge in [-0.2, -0.15) is 0 Å². The zero-order chi connectivity index (χ0) is 26.8. The molecule has 3 aromatic rings. The quantitative estimate of drug-likeness (QED) is 0.283. The number of halogens is 1. The van der Waals surface area contributed by atoms with E-state index in [1.807, 2.05) is 24.3 Å². The number of amides is 1. The molecule has 6 rings (SSSR count). The van der Waals surface area contributed by atoms with Gasteiger partial charge in [0.15, 0.2) is 5.88 Å². The van der Waals surface area contributed by atoms with Crippen LogP contribution in [0.1, 0.15) is 31.9 Å². The van der Waals surface area contributed by atoms with Gasteiger partial charge in [0.2, 0.25) is 0 Å². The molecule has 1 aliphatic carbocycles. The van der Waals surface area contributed by atoms with Crippen LogP contribution in [0.15, 0.2) is 52.6 Å². The van der Waals surface area contributed by atoms with Gasteiger partial charge in [0, 0.05) is 53.5 Å². The molecular weight excluding hydrogens is 489 g/mol. The van der Waals surface area contributed by atoms with Crippen molar-refractivity contribution in [2.45, 2.75) is 26.8 Å². The average Bonchev–Trinajstić information content (AvgIpc) is 3.18. The number of aromatic amines is 1. The Morgan fingerprint density at radius 3 is 2.84 bits per heavy atom. The van der Waals surface area contributed by atoms with Crippen molar-refractivity contribution in [1.82, 2.24) is 15.2 Å². The van der Waals surface area contributed by atoms with Crippen LogP contribution in [0.3, 0.4) is 0 Å². The number of hydrogen-bond acceptors (Lipinski definition) is 6. The lowest BCUT2D eigenvalue weighted by Crippen LogP contribution is -2.42. The highest BCUT2D eigenvalue weighted by atomic mass is 19.1. The highest BCUT2D eigenvalue weighted by Crippen LogP contribution is 2.66. The molecule has 2 aliphatic heterocycles. The molecule has 1 amide bonds. The number of nitrogens with one attached hydrogen (secondary N) is 2. The zero-order valence-electron chi connectivity index (χ0n) is 21.5. The highest BCUT2D eigenvalue weighted by molar-refractivity contribution is 6.58. The number of aliphatic imine (C=N–C) groups is 1. The Hall–Kier alpha value is -3.92. The molecule has 1 saturated heterocycles. The second-order valence-corrected chi connectivity index (χ2v) is 11.3. The number of H-pyrrole nitrogens is 1. The molecule has 3 aliphatic rings. The van der Waals surface area contributed by atoms with Crippen molar-refractivity contribution >= 4 is 34.1 Å². The van der Waals surface area contributed by atoms with E-state index in [2.05, 4.69) is 41.2 Å². The highest BCUT2D eigenvalue weighted by Gasteiger charge is 2.73. The molecule has 0 unspecified atom stereocenters. The Bertz CT molecular complexity index is 1510. The van der Waals surface area contributed by atoms with Crippen molar-refractivity contribution in [2.75, 3.05) is 26.2 Å². The molecule has 38 heavy (non-hydrogen) atoms. The number of hydrogen-bond donors (Lipinski definition) is 4. The monoisotopic (exact) mass is 519 g/mol. The molecule has 0 bridgehead atoms. The summed E-state index contributed by atoms with van der Waals surface area (Å²) in [5, 5.41) is 28.6. The van der Waals surface area contributed by atoms with Crippen LogP contribution in [0.25, 0.3) is 10.9 Å². The van der Waals surface area contributed by atoms with Crippen LogP contribution in [-0.2, 0) is 4.84 Å². The summed E-state index contributed by atoms with van der Waals surface area (Å²) in [7, 11) is 0. The Kier molecular flexibility index (Phi) is 5.50. The number of nitrogens with zero attached hydrogens (tertiary/aromatic N) is 3. The lowest BCUT2D eigenvalue weighted by molar-refractivity contribution is 0.120. The van der Waals surface area contributed by atoms with Crippen molar-refractivity contribution in [1.29, 1.82) is 0 Å². The van der Waals surface area contributed by atoms with Gasteiger partial charge in [-0.25, -0.2) is 14.2 Å². The lowest BCUT2D eigenvalue weighted by atomic mass is 9.76. The topological polar surface area (TPSA) is 123 Å². The number of oxime groups is 1. The Labute approximate surface area is 219 Å². The van der Waals surface area contributed by atoms with E-state index in [0.717, 1.165) is 5.56 Å². The number of fused-ring (bicyclic) bond motifs is 3. The van der Waals surface area contributed by atoms with E-state index >= 15 is 0 Å². The number of para-hydroxylation sites is 1. The molecule has 10 heteroatoms. The summed E-state index contributed by atoms with van der Waals surface area (Å²) < 4.78 is 14.0. The number of piperidine rings is 1. The Morgan fingerprint density at radius 1 is 1.32 bits per heavy atom. The number of benzene rings is 2. The van der Waals surface area contributed by atoms with E-state index in [9.17, 15) is 19.4 Å². The SMILES string of the molecule is CC(C)(C)[C@@]12CN(C(=O)O)C[C@H]1[C@@H]2NCCO/N=C1/C(c2c(O)[nH]c3ccc(F)cc23)=Nc2ccccc21. The molecule has 0 spiro atoms. The number of carboxylic acid groups (broad SMARTS) is 1. The molecule has 2 fully saturated rings. The summed E-state index contributed by atoms with van der Waals surface area (Å²) in [5.41, 5.74) is 3.15. The van der Waals surface area contributed by atoms with Gasteiger partial charge in [0.05, 0.1) is 11.3 Å². The minimum absolute atomic E-state index is 0.0413. The first-order chi connectivity index (χ1) is 18.1. The molecule has 1 saturated carbocycles. The van der Waals surface area contributed by atoms with Crippen LogP contribution in [0.2, 0.25) is 0 Å². The molecule has 3 heterocycles. The van der Waals surface area contributed by atoms with Gasteiger partial charge in [0.1, 0.15) is 23.8 Å². The van der Waals surface area contributed by atoms with Crippen molar-refractivity contribution in [3.8, 4) is 5.88 Å². The summed E-state index contributed by atoms with van der Waals surface area (Å²) in [6, 6.07) is 12.0. The largest absolute Gasteiger partial charge is 0.494 e. The van der Waals surface area contributed by atoms with E-state index in [1.165, 1.54) is 17.0 Å². The van der Waals surface area contributed by atoms with Crippen molar-refractivity contribution < 1.29 is 24.2 Å². The maximum atomic E-state index is 14.0. The van der Waals surface area contributed by atoms with Gasteiger partial charge in [-0.1, -0.05) is 44.1 Å². The fourth-order valence-corrected chi connectivity index (χ4v) is 6.45. The number of carbonyl (C=O) groups is 1. The Morgan fingerprint density at radius 2 is 2.11 bits per heavy atom. The summed E-state index contributed by atoms with van der Waals surface area (Å²) in [5.74, 6) is -0.260. The predicted molar refractivity (Wildman–Crippen MR) is 142 cm³/mol. The normalized spacial score (nSPS) is 25.0. The Balaban J connectivity index is 1.18. The minimum Gasteiger partial charge on any atom is -0.494 e. The van der Waals surface area contributed by atoms with Crippen LogP contribution in [0.4, 0.5) is 14.9 Å². The van der Waals surface area contributed by atoms with Crippen molar-refractivity contribution in [3.05, 3.63) is 59.4 Å². The number of aromatic hydroxyl groups is 1. The van der Waals surface area contributed by atoms with Gasteiger partial charge in [-0.05, 0) is 29.7 Å². The van der Waals surface area contributed by atoms with Gasteiger partial charge in [-0.15, -0.1) is 0 Å². The van der Waals surface area contributed by atoms with Gasteiger partial charge >= 0.3 is 6.09 Å². The summed E-state index contributed by atoms with van der Waals surface area (Å²) in [6.45, 7) is 8.40. The van der Waals surface area contributed by atoms with E-state index in [4.69, 9.17) is 4.84 Å². The third kappa shape index (κ3) is 3.65. The molecule has 9 nitrogen and oxygen atoms in total. The average molecular weight is 520 g/mol. The van der Waals surface area contributed by atoms with Crippen LogP contribution < -0.4 is 5.32 Å². The number of rotatable bonds is 6. The van der Waals surface area contributed by atoms with Crippen LogP contribution >= 0.6 is 0 Å². The first kappa shape index (κ1) is 24.4. The first-order valence-corrected chi connectivity index (χ1v) is 12.7. The lowest BCUT2D eigenvalue weighted by Gasteiger charge is -2.32. The standard InChI is InChI=1S/C28H30FN5O4/c1-27(2,3)28-14-34(26(36)37)13-18(28)24(28)30-10-11-38-33-22-16-6-4-5-7-19(16)31-23(22)21-17-12-15(29)8-9-20(17)32-25(21)35/h4-9,12,18,24,30,32,35H,10-11,13-14H2,1-3H3,(H,36,37)/b33-22+/t18-,24-,28-/m0/s1. The predicted octanol–water partition coefficient (Wildman–Crippen LogP) is 4.48. The van der Waals surface area contributed by atoms with E-state index in [-0.39, 0.29) is 28.7 Å². The molecule has 198 valence electrons. The maximum absolute atomic E-state index is 14.0. The smallest absolute Gasteiger partial charge is 0.407 e. The third-order valence-electron chi connectivity index (χ3n) is 8.35. The number of likely N-dealkylation sites (tertiary alicyclic amines) is 1. The van der Waals surface area contributed by atoms with Crippen molar-refractivity contribution in [2.24, 2.45) is 26.9 Å². The zero-order valence-corrected chi connectivity index (χ0v) is 21.5. The van der Waals surface area contributed by atoms with E-state index < -0.39 is 11.9 Å². The molecule has 0 radical (unpaired) electrons. The van der Waals surface area contributed by atoms with Gasteiger partial charge in [-0.3, -0.25) is 0 Å². The summed E-state index contributed by atoms with van der Waals surface area (Å²) in [6.07, 6.45) is -0.864. The molecule has 2 aromatic carbocycles. The van der Waals surface area contributed by atoms with Crippen LogP contribution in [-0.4, -0.2) is 69.9 Å². The number of aromatic nitrogens is 1. The summed E-state index contributed by atoms with van der Waals surface area (Å²) >= 11 is 0. The van der Waals surface area contributed by atoms with E-state index in [1.54, 1.807) is 6.07 Å². The molecule has 4 N–H and O–H groups in total. The maximum Gasteiger partial charge on any atom is 0.407 e. The molecule has 1 aromatic heterocycles. The van der Waals surface area contributed by atoms with Gasteiger partial charge < -0.3 is 30.3 Å². The van der Waals surface area contributed by atoms with E-state index in [0.29, 0.717) is 59.8 Å². The molecule has 3 atom stereocenters. The van der Waals surface area contributed by atoms with Gasteiger partial charge in [0.25, 0.3) is 0 Å². The molecular formula is C28H30FN5O4. The summed E-state index contributed by atoms with van der Waals surface area (Å²) in [4.78, 5) is 26.3. The van der Waals surface area contributed by atoms with Crippen LogP contribution in [0, 0.1) is 22.6 Å². The minimum atomic E-state index is -0.864. The fraction of sp³-hybridized carbons (Fsp3) is 0.393. The van der Waals surface area contributed by atoms with Crippen LogP contribution in [0.5, 0.6) is 5.88 Å². The third-order valence-corrected chi connectivity index (χ3v) is 8.35. The fourth-order valence-electron chi connectivity index (χ4n) is 6.45.